The largest absolute Gasteiger partial charge is 0.494 e. The molecule has 7 heteroatoms. The number of methoxy groups -OCH3 is 1. The maximum Gasteiger partial charge on any atom is 0.191 e. The molecule has 0 amide bonds. The average molecular weight is 436 g/mol. The number of rotatable bonds is 10. The summed E-state index contributed by atoms with van der Waals surface area (Å²) < 4.78 is 18.9. The van der Waals surface area contributed by atoms with Crippen molar-refractivity contribution in [2.45, 2.75) is 71.6 Å². The molecule has 6 nitrogen and oxygen atoms in total. The van der Waals surface area contributed by atoms with Gasteiger partial charge in [-0.15, -0.1) is 0 Å². The summed E-state index contributed by atoms with van der Waals surface area (Å²) in [6.45, 7) is 13.8. The number of piperidine rings is 1. The molecule has 1 aromatic rings. The van der Waals surface area contributed by atoms with Gasteiger partial charge in [-0.3, -0.25) is 14.8 Å². The Morgan fingerprint density at radius 2 is 1.90 bits per heavy atom. The van der Waals surface area contributed by atoms with E-state index in [0.717, 1.165) is 63.5 Å². The number of hydrogen-bond donors (Lipinski definition) is 2. The van der Waals surface area contributed by atoms with Crippen LogP contribution in [0.3, 0.4) is 0 Å². The first-order valence-electron chi connectivity index (χ1n) is 11.6. The van der Waals surface area contributed by atoms with Crippen molar-refractivity contribution in [3.63, 3.8) is 0 Å². The first-order valence-corrected chi connectivity index (χ1v) is 11.6. The van der Waals surface area contributed by atoms with Gasteiger partial charge in [-0.2, -0.15) is 0 Å². The van der Waals surface area contributed by atoms with Gasteiger partial charge in [-0.1, -0.05) is 6.07 Å². The molecule has 1 saturated heterocycles. The molecule has 1 aliphatic rings. The number of halogens is 1. The molecule has 0 saturated carbocycles. The Morgan fingerprint density at radius 1 is 1.23 bits per heavy atom. The van der Waals surface area contributed by atoms with E-state index in [0.29, 0.717) is 23.9 Å². The summed E-state index contributed by atoms with van der Waals surface area (Å²) in [4.78, 5) is 9.29. The summed E-state index contributed by atoms with van der Waals surface area (Å²) in [6.07, 6.45) is 3.19. The van der Waals surface area contributed by atoms with Crippen LogP contribution in [0.1, 0.15) is 52.5 Å². The van der Waals surface area contributed by atoms with Crippen LogP contribution in [0.25, 0.3) is 0 Å². The van der Waals surface area contributed by atoms with Crippen LogP contribution in [-0.4, -0.2) is 74.2 Å². The Bertz CT molecular complexity index is 679. The van der Waals surface area contributed by atoms with Gasteiger partial charge in [0, 0.05) is 57.9 Å². The molecule has 1 fully saturated rings. The highest BCUT2D eigenvalue weighted by Gasteiger charge is 2.20. The topological polar surface area (TPSA) is 52.1 Å². The molecule has 2 N–H and O–H groups in total. The molecular weight excluding hydrogens is 393 g/mol. The molecule has 1 aromatic carbocycles. The second-order valence-electron chi connectivity index (χ2n) is 8.94. The highest BCUT2D eigenvalue weighted by molar-refractivity contribution is 5.79. The zero-order valence-electron chi connectivity index (χ0n) is 20.2. The van der Waals surface area contributed by atoms with Crippen molar-refractivity contribution in [1.82, 2.24) is 20.4 Å². The van der Waals surface area contributed by atoms with E-state index in [1.165, 1.54) is 7.11 Å². The fourth-order valence-electron chi connectivity index (χ4n) is 4.27. The van der Waals surface area contributed by atoms with Gasteiger partial charge in [0.15, 0.2) is 17.5 Å². The maximum absolute atomic E-state index is 13.9. The molecule has 0 aliphatic carbocycles. The fraction of sp³-hybridized carbons (Fsp3) is 0.708. The van der Waals surface area contributed by atoms with E-state index in [1.807, 2.05) is 13.1 Å². The lowest BCUT2D eigenvalue weighted by molar-refractivity contribution is 0.173. The fourth-order valence-corrected chi connectivity index (χ4v) is 4.27. The van der Waals surface area contributed by atoms with Gasteiger partial charge in [-0.25, -0.2) is 4.39 Å². The van der Waals surface area contributed by atoms with Crippen molar-refractivity contribution < 1.29 is 9.13 Å². The number of guanidine groups is 1. The average Bonchev–Trinajstić information content (AvgIpc) is 2.73. The van der Waals surface area contributed by atoms with E-state index in [1.54, 1.807) is 12.1 Å². The zero-order valence-corrected chi connectivity index (χ0v) is 20.2. The first-order chi connectivity index (χ1) is 14.8. The molecule has 31 heavy (non-hydrogen) atoms. The quantitative estimate of drug-likeness (QED) is 0.335. The Morgan fingerprint density at radius 3 is 2.45 bits per heavy atom. The van der Waals surface area contributed by atoms with Gasteiger partial charge in [0.2, 0.25) is 0 Å². The van der Waals surface area contributed by atoms with Crippen LogP contribution in [0.4, 0.5) is 4.39 Å². The normalized spacial score (nSPS) is 16.4. The minimum Gasteiger partial charge on any atom is -0.494 e. The smallest absolute Gasteiger partial charge is 0.191 e. The van der Waals surface area contributed by atoms with E-state index in [2.05, 4.69) is 53.1 Å². The molecular formula is C24H42FN5O. The van der Waals surface area contributed by atoms with Crippen molar-refractivity contribution >= 4 is 5.96 Å². The molecule has 176 valence electrons. The number of hydrogen-bond acceptors (Lipinski definition) is 4. The van der Waals surface area contributed by atoms with Crippen LogP contribution in [0, 0.1) is 5.82 Å². The summed E-state index contributed by atoms with van der Waals surface area (Å²) in [5.74, 6) is 0.888. The molecule has 0 spiro atoms. The minimum absolute atomic E-state index is 0.295. The molecule has 0 unspecified atom stereocenters. The predicted octanol–water partition coefficient (Wildman–Crippen LogP) is 3.47. The Kier molecular flexibility index (Phi) is 10.5. The summed E-state index contributed by atoms with van der Waals surface area (Å²) in [7, 11) is 3.32. The molecule has 0 radical (unpaired) electrons. The number of nitrogens with zero attached hydrogens (tertiary/aromatic N) is 3. The summed E-state index contributed by atoms with van der Waals surface area (Å²) in [5.41, 5.74) is 0.985. The first kappa shape index (κ1) is 25.4. The van der Waals surface area contributed by atoms with Gasteiger partial charge < -0.3 is 15.4 Å². The van der Waals surface area contributed by atoms with Crippen LogP contribution in [0.5, 0.6) is 5.75 Å². The van der Waals surface area contributed by atoms with Crippen molar-refractivity contribution in [2.24, 2.45) is 4.99 Å². The molecule has 0 bridgehead atoms. The van der Waals surface area contributed by atoms with E-state index in [4.69, 9.17) is 4.74 Å². The van der Waals surface area contributed by atoms with Gasteiger partial charge in [0.25, 0.3) is 0 Å². The summed E-state index contributed by atoms with van der Waals surface area (Å²) in [6, 6.07) is 6.77. The van der Waals surface area contributed by atoms with Gasteiger partial charge >= 0.3 is 0 Å². The Labute approximate surface area is 188 Å². The number of nitrogens with one attached hydrogen (secondary N) is 2. The highest BCUT2D eigenvalue weighted by Crippen LogP contribution is 2.20. The van der Waals surface area contributed by atoms with Gasteiger partial charge in [0.05, 0.1) is 7.11 Å². The van der Waals surface area contributed by atoms with Crippen LogP contribution >= 0.6 is 0 Å². The third-order valence-corrected chi connectivity index (χ3v) is 5.99. The van der Waals surface area contributed by atoms with Crippen molar-refractivity contribution in [3.05, 3.63) is 29.6 Å². The monoisotopic (exact) mass is 435 g/mol. The Balaban J connectivity index is 1.70. The molecule has 0 aromatic heterocycles. The highest BCUT2D eigenvalue weighted by atomic mass is 19.1. The van der Waals surface area contributed by atoms with E-state index in [-0.39, 0.29) is 5.82 Å². The lowest BCUT2D eigenvalue weighted by Crippen LogP contribution is -2.49. The lowest BCUT2D eigenvalue weighted by atomic mass is 10.0. The lowest BCUT2D eigenvalue weighted by Gasteiger charge is -2.33. The van der Waals surface area contributed by atoms with Crippen LogP contribution in [-0.2, 0) is 6.54 Å². The number of aliphatic imine (C=N–C) groups is 1. The van der Waals surface area contributed by atoms with Crippen LogP contribution < -0.4 is 15.4 Å². The van der Waals surface area contributed by atoms with Crippen LogP contribution in [0.15, 0.2) is 23.2 Å². The van der Waals surface area contributed by atoms with Crippen molar-refractivity contribution in [2.75, 3.05) is 40.3 Å². The van der Waals surface area contributed by atoms with Crippen molar-refractivity contribution in [3.8, 4) is 5.75 Å². The molecule has 1 heterocycles. The van der Waals surface area contributed by atoms with E-state index >= 15 is 0 Å². The second-order valence-corrected chi connectivity index (χ2v) is 8.94. The SMILES string of the molecule is CN=C(NCCCN(C(C)C)C(C)C)NC1CCN(Cc2ccc(OC)c(F)c2)CC1. The van der Waals surface area contributed by atoms with Crippen molar-refractivity contribution in [1.29, 1.82) is 0 Å². The third kappa shape index (κ3) is 8.30. The van der Waals surface area contributed by atoms with E-state index < -0.39 is 0 Å². The Hall–Kier alpha value is -1.86. The van der Waals surface area contributed by atoms with Gasteiger partial charge in [0.1, 0.15) is 0 Å². The second kappa shape index (κ2) is 12.9. The molecule has 2 rings (SSSR count). The minimum atomic E-state index is -0.295. The standard InChI is InChI=1S/C24H42FN5O/c1-18(2)30(19(3)4)13-7-12-27-24(26-5)28-21-10-14-29(15-11-21)17-20-8-9-23(31-6)22(25)16-20/h8-9,16,18-19,21H,7,10-15,17H2,1-6H3,(H2,26,27,28). The summed E-state index contributed by atoms with van der Waals surface area (Å²) >= 11 is 0. The maximum atomic E-state index is 13.9. The van der Waals surface area contributed by atoms with Crippen LogP contribution in [0.2, 0.25) is 0 Å². The third-order valence-electron chi connectivity index (χ3n) is 5.99. The predicted molar refractivity (Wildman–Crippen MR) is 127 cm³/mol. The zero-order chi connectivity index (χ0) is 22.8. The number of ether oxygens (including phenoxy) is 1. The molecule has 1 aliphatic heterocycles. The number of likely N-dealkylation sites (tertiary alicyclic amines) is 1. The van der Waals surface area contributed by atoms with E-state index in [9.17, 15) is 4.39 Å². The van der Waals surface area contributed by atoms with Gasteiger partial charge in [-0.05, 0) is 64.7 Å². The number of benzene rings is 1. The summed E-state index contributed by atoms with van der Waals surface area (Å²) in [5, 5.41) is 7.03. The molecule has 0 atom stereocenters.